The van der Waals surface area contributed by atoms with Crippen molar-refractivity contribution in [2.45, 2.75) is 32.6 Å². The summed E-state index contributed by atoms with van der Waals surface area (Å²) in [6.45, 7) is 1.58. The fourth-order valence-electron chi connectivity index (χ4n) is 3.16. The smallest absolute Gasteiger partial charge is 0.332 e. The van der Waals surface area contributed by atoms with Gasteiger partial charge >= 0.3 is 5.69 Å². The summed E-state index contributed by atoms with van der Waals surface area (Å²) in [4.78, 5) is 34.5. The molecule has 0 amide bonds. The van der Waals surface area contributed by atoms with Gasteiger partial charge in [0.1, 0.15) is 11.9 Å². The standard InChI is InChI=1S/C23H25ClFN5O3/c1-15(25)17-6-4-16(5-7-17)12-28-21-20(27-14-19-9-8-18(24)13-26-19)22(32)30(10-3-11-31)23(33)29(21)2/h4-9,12-13,15,27,31H,3,10-11,14H2,1-2H3/b28-12+. The van der Waals surface area contributed by atoms with E-state index in [2.05, 4.69) is 15.3 Å². The van der Waals surface area contributed by atoms with Crippen molar-refractivity contribution >= 4 is 29.3 Å². The third-order valence-electron chi connectivity index (χ3n) is 5.02. The molecule has 0 aliphatic rings. The Balaban J connectivity index is 2.01. The quantitative estimate of drug-likeness (QED) is 0.464. The molecule has 0 bridgehead atoms. The normalized spacial score (nSPS) is 12.3. The minimum Gasteiger partial charge on any atom is -0.396 e. The number of nitrogens with zero attached hydrogens (tertiary/aromatic N) is 4. The number of aromatic nitrogens is 3. The van der Waals surface area contributed by atoms with Gasteiger partial charge in [0.15, 0.2) is 5.82 Å². The molecule has 0 radical (unpaired) electrons. The molecule has 8 nitrogen and oxygen atoms in total. The number of alkyl halides is 1. The molecule has 0 saturated carbocycles. The second kappa shape index (κ2) is 11.0. The molecule has 3 aromatic rings. The summed E-state index contributed by atoms with van der Waals surface area (Å²) >= 11 is 5.88. The summed E-state index contributed by atoms with van der Waals surface area (Å²) in [7, 11) is 1.52. The summed E-state index contributed by atoms with van der Waals surface area (Å²) in [5.74, 6) is 0.141. The second-order valence-electron chi connectivity index (χ2n) is 7.44. The Morgan fingerprint density at radius 1 is 1.24 bits per heavy atom. The van der Waals surface area contributed by atoms with Gasteiger partial charge in [-0.1, -0.05) is 35.9 Å². The summed E-state index contributed by atoms with van der Waals surface area (Å²) in [5, 5.41) is 12.7. The van der Waals surface area contributed by atoms with Gasteiger partial charge in [0.25, 0.3) is 5.56 Å². The van der Waals surface area contributed by atoms with Gasteiger partial charge in [-0.2, -0.15) is 0 Å². The highest BCUT2D eigenvalue weighted by molar-refractivity contribution is 6.30. The summed E-state index contributed by atoms with van der Waals surface area (Å²) < 4.78 is 15.8. The van der Waals surface area contributed by atoms with E-state index in [1.54, 1.807) is 36.4 Å². The maximum absolute atomic E-state index is 13.4. The van der Waals surface area contributed by atoms with Gasteiger partial charge in [-0.25, -0.2) is 14.2 Å². The number of halogens is 2. The Bertz CT molecular complexity index is 1240. The number of aliphatic hydroxyl groups excluding tert-OH is 1. The van der Waals surface area contributed by atoms with Crippen molar-refractivity contribution in [1.29, 1.82) is 0 Å². The fourth-order valence-corrected chi connectivity index (χ4v) is 3.27. The number of aliphatic imine (C=N–C) groups is 1. The van der Waals surface area contributed by atoms with Gasteiger partial charge < -0.3 is 10.4 Å². The Kier molecular flexibility index (Phi) is 8.13. The zero-order valence-electron chi connectivity index (χ0n) is 18.3. The molecule has 174 valence electrons. The van der Waals surface area contributed by atoms with Crippen LogP contribution in [-0.4, -0.2) is 32.0 Å². The summed E-state index contributed by atoms with van der Waals surface area (Å²) in [6, 6.07) is 10.1. The van der Waals surface area contributed by atoms with Crippen LogP contribution in [-0.2, 0) is 20.1 Å². The first kappa shape index (κ1) is 24.3. The maximum Gasteiger partial charge on any atom is 0.332 e. The van der Waals surface area contributed by atoms with Gasteiger partial charge in [-0.3, -0.25) is 18.9 Å². The molecule has 0 aliphatic carbocycles. The summed E-state index contributed by atoms with van der Waals surface area (Å²) in [5.41, 5.74) is 0.898. The average Bonchev–Trinajstić information content (AvgIpc) is 2.81. The highest BCUT2D eigenvalue weighted by Gasteiger charge is 2.17. The highest BCUT2D eigenvalue weighted by Crippen LogP contribution is 2.21. The number of benzene rings is 1. The van der Waals surface area contributed by atoms with E-state index in [1.807, 2.05) is 0 Å². The predicted octanol–water partition coefficient (Wildman–Crippen LogP) is 3.37. The van der Waals surface area contributed by atoms with Crippen LogP contribution in [0.25, 0.3) is 0 Å². The third kappa shape index (κ3) is 5.94. The lowest BCUT2D eigenvalue weighted by atomic mass is 10.1. The number of hydrogen-bond donors (Lipinski definition) is 2. The largest absolute Gasteiger partial charge is 0.396 e. The van der Waals surface area contributed by atoms with Crippen molar-refractivity contribution < 1.29 is 9.50 Å². The topological polar surface area (TPSA) is 102 Å². The van der Waals surface area contributed by atoms with E-state index >= 15 is 0 Å². The lowest BCUT2D eigenvalue weighted by Crippen LogP contribution is -2.40. The second-order valence-corrected chi connectivity index (χ2v) is 7.87. The SMILES string of the molecule is CC(F)c1ccc(/C=N/c2c(NCc3ccc(Cl)cn3)c(=O)n(CCCO)c(=O)n2C)cc1. The molecule has 0 saturated heterocycles. The molecule has 1 atom stereocenters. The molecule has 2 aromatic heterocycles. The Morgan fingerprint density at radius 2 is 1.97 bits per heavy atom. The number of rotatable bonds is 9. The van der Waals surface area contributed by atoms with E-state index in [4.69, 9.17) is 16.7 Å². The number of pyridine rings is 1. The number of anilines is 1. The van der Waals surface area contributed by atoms with E-state index < -0.39 is 17.4 Å². The average molecular weight is 474 g/mol. The lowest BCUT2D eigenvalue weighted by Gasteiger charge is -2.15. The van der Waals surface area contributed by atoms with Crippen LogP contribution in [0.3, 0.4) is 0 Å². The Hall–Kier alpha value is -3.30. The van der Waals surface area contributed by atoms with Crippen molar-refractivity contribution in [2.75, 3.05) is 11.9 Å². The van der Waals surface area contributed by atoms with Crippen molar-refractivity contribution in [2.24, 2.45) is 12.0 Å². The Morgan fingerprint density at radius 3 is 2.58 bits per heavy atom. The van der Waals surface area contributed by atoms with Gasteiger partial charge in [0, 0.05) is 32.6 Å². The van der Waals surface area contributed by atoms with E-state index in [0.717, 1.165) is 4.57 Å². The van der Waals surface area contributed by atoms with Crippen LogP contribution in [0.2, 0.25) is 5.02 Å². The Labute approximate surface area is 195 Å². The molecule has 0 spiro atoms. The highest BCUT2D eigenvalue weighted by atomic mass is 35.5. The molecule has 2 heterocycles. The van der Waals surface area contributed by atoms with Crippen LogP contribution in [0, 0.1) is 0 Å². The molecule has 0 fully saturated rings. The molecular weight excluding hydrogens is 449 g/mol. The van der Waals surface area contributed by atoms with Gasteiger partial charge in [0.05, 0.1) is 17.3 Å². The zero-order chi connectivity index (χ0) is 24.0. The van der Waals surface area contributed by atoms with Crippen molar-refractivity contribution in [1.82, 2.24) is 14.1 Å². The third-order valence-corrected chi connectivity index (χ3v) is 5.25. The molecule has 33 heavy (non-hydrogen) atoms. The van der Waals surface area contributed by atoms with Gasteiger partial charge in [0.2, 0.25) is 0 Å². The zero-order valence-corrected chi connectivity index (χ0v) is 19.1. The lowest BCUT2D eigenvalue weighted by molar-refractivity contribution is 0.277. The first-order valence-electron chi connectivity index (χ1n) is 10.4. The van der Waals surface area contributed by atoms with E-state index in [9.17, 15) is 14.0 Å². The fraction of sp³-hybridized carbons (Fsp3) is 0.304. The van der Waals surface area contributed by atoms with E-state index in [1.165, 1.54) is 30.9 Å². The number of nitrogens with one attached hydrogen (secondary N) is 1. The van der Waals surface area contributed by atoms with E-state index in [0.29, 0.717) is 21.8 Å². The molecule has 10 heteroatoms. The van der Waals surface area contributed by atoms with Gasteiger partial charge in [-0.15, -0.1) is 0 Å². The first-order valence-corrected chi connectivity index (χ1v) is 10.8. The summed E-state index contributed by atoms with van der Waals surface area (Å²) in [6.07, 6.45) is 2.18. The van der Waals surface area contributed by atoms with Gasteiger partial charge in [-0.05, 0) is 36.6 Å². The van der Waals surface area contributed by atoms with Crippen LogP contribution in [0.15, 0.2) is 57.2 Å². The van der Waals surface area contributed by atoms with Crippen LogP contribution in [0.5, 0.6) is 0 Å². The van der Waals surface area contributed by atoms with Crippen LogP contribution < -0.4 is 16.6 Å². The molecule has 1 aromatic carbocycles. The van der Waals surface area contributed by atoms with E-state index in [-0.39, 0.29) is 37.6 Å². The van der Waals surface area contributed by atoms with Crippen LogP contribution in [0.1, 0.15) is 36.3 Å². The minimum absolute atomic E-state index is 0.0722. The molecule has 0 aliphatic heterocycles. The van der Waals surface area contributed by atoms with Crippen LogP contribution in [0.4, 0.5) is 15.9 Å². The molecule has 1 unspecified atom stereocenters. The molecule has 2 N–H and O–H groups in total. The predicted molar refractivity (Wildman–Crippen MR) is 127 cm³/mol. The first-order chi connectivity index (χ1) is 15.8. The molecule has 3 rings (SSSR count). The van der Waals surface area contributed by atoms with Crippen molar-refractivity contribution in [3.05, 3.63) is 85.3 Å². The molecular formula is C23H25ClFN5O3. The van der Waals surface area contributed by atoms with Crippen molar-refractivity contribution in [3.63, 3.8) is 0 Å². The monoisotopic (exact) mass is 473 g/mol. The number of aliphatic hydroxyl groups is 1. The van der Waals surface area contributed by atoms with Crippen LogP contribution >= 0.6 is 11.6 Å². The maximum atomic E-state index is 13.4. The number of hydrogen-bond acceptors (Lipinski definition) is 6. The minimum atomic E-state index is -1.08. The van der Waals surface area contributed by atoms with Crippen molar-refractivity contribution in [3.8, 4) is 0 Å².